The Balaban J connectivity index is 1.88. The van der Waals surface area contributed by atoms with E-state index < -0.39 is 24.1 Å². The molecule has 0 aliphatic carbocycles. The molecule has 3 amide bonds. The quantitative estimate of drug-likeness (QED) is 0.830. The highest BCUT2D eigenvalue weighted by Crippen LogP contribution is 2.31. The number of aryl methyl sites for hydroxylation is 1. The molecule has 0 unspecified atom stereocenters. The van der Waals surface area contributed by atoms with Crippen LogP contribution < -0.4 is 10.1 Å². The first-order chi connectivity index (χ1) is 12.3. The molecule has 0 saturated carbocycles. The van der Waals surface area contributed by atoms with Crippen molar-refractivity contribution < 1.29 is 23.1 Å². The Morgan fingerprint density at radius 2 is 1.77 bits per heavy atom. The zero-order chi connectivity index (χ0) is 18.9. The van der Waals surface area contributed by atoms with Crippen molar-refractivity contribution in [3.8, 4) is 5.75 Å². The summed E-state index contributed by atoms with van der Waals surface area (Å²) in [6.45, 7) is 0.402. The summed E-state index contributed by atoms with van der Waals surface area (Å²) < 4.78 is 29.6. The Bertz CT molecular complexity index is 839. The molecule has 1 saturated heterocycles. The van der Waals surface area contributed by atoms with Crippen LogP contribution >= 0.6 is 0 Å². The Labute approximate surface area is 149 Å². The number of halogens is 2. The van der Waals surface area contributed by atoms with Crippen molar-refractivity contribution in [3.05, 3.63) is 65.2 Å². The second kappa shape index (κ2) is 6.74. The zero-order valence-electron chi connectivity index (χ0n) is 14.3. The maximum Gasteiger partial charge on any atom is 0.387 e. The third-order valence-electron chi connectivity index (χ3n) is 4.42. The summed E-state index contributed by atoms with van der Waals surface area (Å²) in [6, 6.07) is 12.8. The third kappa shape index (κ3) is 3.24. The largest absolute Gasteiger partial charge is 0.434 e. The number of imide groups is 1. The van der Waals surface area contributed by atoms with Gasteiger partial charge in [-0.1, -0.05) is 48.0 Å². The van der Waals surface area contributed by atoms with Gasteiger partial charge in [-0.05, 0) is 25.5 Å². The smallest absolute Gasteiger partial charge is 0.387 e. The van der Waals surface area contributed by atoms with E-state index in [1.54, 1.807) is 37.3 Å². The molecule has 0 spiro atoms. The number of hydrogen-bond donors (Lipinski definition) is 1. The van der Waals surface area contributed by atoms with Gasteiger partial charge in [0.2, 0.25) is 0 Å². The van der Waals surface area contributed by atoms with Gasteiger partial charge in [0, 0.05) is 5.56 Å². The SMILES string of the molecule is Cc1ccc([C@@]2(C)NC(=O)N(Cc3ccccc3OC(F)F)C2=O)cc1. The Morgan fingerprint density at radius 3 is 2.42 bits per heavy atom. The van der Waals surface area contributed by atoms with E-state index in [0.29, 0.717) is 11.1 Å². The first-order valence-corrected chi connectivity index (χ1v) is 8.05. The molecule has 1 heterocycles. The van der Waals surface area contributed by atoms with Crippen LogP contribution in [-0.2, 0) is 16.9 Å². The Morgan fingerprint density at radius 1 is 1.12 bits per heavy atom. The summed E-state index contributed by atoms with van der Waals surface area (Å²) in [5, 5.41) is 2.69. The molecule has 26 heavy (non-hydrogen) atoms. The highest BCUT2D eigenvalue weighted by Gasteiger charge is 2.49. The lowest BCUT2D eigenvalue weighted by molar-refractivity contribution is -0.131. The molecule has 1 aliphatic heterocycles. The first kappa shape index (κ1) is 17.8. The second-order valence-corrected chi connectivity index (χ2v) is 6.30. The molecular formula is C19H18F2N2O3. The molecular weight excluding hydrogens is 342 g/mol. The minimum absolute atomic E-state index is 0.0629. The Hall–Kier alpha value is -2.96. The van der Waals surface area contributed by atoms with Gasteiger partial charge in [0.1, 0.15) is 11.3 Å². The number of hydrogen-bond acceptors (Lipinski definition) is 3. The maximum atomic E-state index is 12.9. The zero-order valence-corrected chi connectivity index (χ0v) is 14.3. The second-order valence-electron chi connectivity index (χ2n) is 6.30. The van der Waals surface area contributed by atoms with Gasteiger partial charge in [-0.3, -0.25) is 9.69 Å². The number of alkyl halides is 2. The average Bonchev–Trinajstić information content (AvgIpc) is 2.81. The number of carbonyl (C=O) groups excluding carboxylic acids is 2. The van der Waals surface area contributed by atoms with Gasteiger partial charge < -0.3 is 10.1 Å². The molecule has 0 bridgehead atoms. The van der Waals surface area contributed by atoms with Crippen molar-refractivity contribution in [3.63, 3.8) is 0 Å². The van der Waals surface area contributed by atoms with Crippen LogP contribution in [-0.4, -0.2) is 23.4 Å². The molecule has 1 fully saturated rings. The number of carbonyl (C=O) groups is 2. The highest BCUT2D eigenvalue weighted by molar-refractivity contribution is 6.07. The highest BCUT2D eigenvalue weighted by atomic mass is 19.3. The van der Waals surface area contributed by atoms with E-state index in [1.807, 2.05) is 19.1 Å². The standard InChI is InChI=1S/C19H18F2N2O3/c1-12-7-9-14(10-8-12)19(2)16(24)23(18(25)22-19)11-13-5-3-4-6-15(13)26-17(20)21/h3-10,17H,11H2,1-2H3,(H,22,25)/t19-/m1/s1. The van der Waals surface area contributed by atoms with E-state index in [2.05, 4.69) is 10.1 Å². The van der Waals surface area contributed by atoms with Crippen molar-refractivity contribution >= 4 is 11.9 Å². The summed E-state index contributed by atoms with van der Waals surface area (Å²) in [7, 11) is 0. The molecule has 7 heteroatoms. The van der Waals surface area contributed by atoms with Gasteiger partial charge in [0.05, 0.1) is 6.54 Å². The summed E-state index contributed by atoms with van der Waals surface area (Å²) in [4.78, 5) is 26.3. The average molecular weight is 360 g/mol. The molecule has 1 aliphatic rings. The van der Waals surface area contributed by atoms with Crippen LogP contribution in [0.1, 0.15) is 23.6 Å². The molecule has 0 radical (unpaired) electrons. The van der Waals surface area contributed by atoms with Crippen molar-refractivity contribution in [2.24, 2.45) is 0 Å². The van der Waals surface area contributed by atoms with E-state index in [-0.39, 0.29) is 12.3 Å². The number of urea groups is 1. The van der Waals surface area contributed by atoms with E-state index in [9.17, 15) is 18.4 Å². The number of amides is 3. The van der Waals surface area contributed by atoms with Crippen LogP contribution in [0, 0.1) is 6.92 Å². The normalized spacial score (nSPS) is 19.8. The van der Waals surface area contributed by atoms with Gasteiger partial charge in [-0.2, -0.15) is 8.78 Å². The molecule has 136 valence electrons. The number of rotatable bonds is 5. The van der Waals surface area contributed by atoms with Crippen LogP contribution in [0.25, 0.3) is 0 Å². The van der Waals surface area contributed by atoms with Crippen molar-refractivity contribution in [1.82, 2.24) is 10.2 Å². The molecule has 0 aromatic heterocycles. The maximum absolute atomic E-state index is 12.9. The molecule has 1 N–H and O–H groups in total. The van der Waals surface area contributed by atoms with Crippen molar-refractivity contribution in [1.29, 1.82) is 0 Å². The fraction of sp³-hybridized carbons (Fsp3) is 0.263. The first-order valence-electron chi connectivity index (χ1n) is 8.05. The van der Waals surface area contributed by atoms with Crippen LogP contribution in [0.2, 0.25) is 0 Å². The number of nitrogens with one attached hydrogen (secondary N) is 1. The lowest BCUT2D eigenvalue weighted by Crippen LogP contribution is -2.40. The number of ether oxygens (including phenoxy) is 1. The fourth-order valence-electron chi connectivity index (χ4n) is 2.94. The molecule has 5 nitrogen and oxygen atoms in total. The monoisotopic (exact) mass is 360 g/mol. The van der Waals surface area contributed by atoms with Crippen LogP contribution in [0.5, 0.6) is 5.75 Å². The predicted octanol–water partition coefficient (Wildman–Crippen LogP) is 3.56. The number of para-hydroxylation sites is 1. The van der Waals surface area contributed by atoms with Gasteiger partial charge in [0.15, 0.2) is 0 Å². The minimum Gasteiger partial charge on any atom is -0.434 e. The summed E-state index contributed by atoms with van der Waals surface area (Å²) in [5.41, 5.74) is 0.804. The van der Waals surface area contributed by atoms with Gasteiger partial charge in [-0.25, -0.2) is 4.79 Å². The molecule has 3 rings (SSSR count). The van der Waals surface area contributed by atoms with Crippen LogP contribution in [0.3, 0.4) is 0 Å². The molecule has 2 aromatic carbocycles. The van der Waals surface area contributed by atoms with E-state index >= 15 is 0 Å². The number of benzene rings is 2. The van der Waals surface area contributed by atoms with Crippen molar-refractivity contribution in [2.75, 3.05) is 0 Å². The molecule has 1 atom stereocenters. The lowest BCUT2D eigenvalue weighted by atomic mass is 9.91. The van der Waals surface area contributed by atoms with E-state index in [0.717, 1.165) is 10.5 Å². The molecule has 2 aromatic rings. The van der Waals surface area contributed by atoms with Gasteiger partial charge in [-0.15, -0.1) is 0 Å². The van der Waals surface area contributed by atoms with Gasteiger partial charge >= 0.3 is 12.6 Å². The minimum atomic E-state index is -2.99. The van der Waals surface area contributed by atoms with Crippen molar-refractivity contribution in [2.45, 2.75) is 32.5 Å². The predicted molar refractivity (Wildman–Crippen MR) is 90.7 cm³/mol. The fourth-order valence-corrected chi connectivity index (χ4v) is 2.94. The Kier molecular flexibility index (Phi) is 4.63. The van der Waals surface area contributed by atoms with Gasteiger partial charge in [0.25, 0.3) is 5.91 Å². The topological polar surface area (TPSA) is 58.6 Å². The van der Waals surface area contributed by atoms with E-state index in [4.69, 9.17) is 0 Å². The summed E-state index contributed by atoms with van der Waals surface area (Å²) >= 11 is 0. The summed E-state index contributed by atoms with van der Waals surface area (Å²) in [5.74, 6) is -0.509. The lowest BCUT2D eigenvalue weighted by Gasteiger charge is -2.22. The number of nitrogens with zero attached hydrogens (tertiary/aromatic N) is 1. The van der Waals surface area contributed by atoms with E-state index in [1.165, 1.54) is 6.07 Å². The summed E-state index contributed by atoms with van der Waals surface area (Å²) in [6.07, 6.45) is 0. The third-order valence-corrected chi connectivity index (χ3v) is 4.42. The van der Waals surface area contributed by atoms with Crippen LogP contribution in [0.4, 0.5) is 13.6 Å². The van der Waals surface area contributed by atoms with Crippen LogP contribution in [0.15, 0.2) is 48.5 Å².